The maximum absolute atomic E-state index is 6.03. The van der Waals surface area contributed by atoms with Crippen LogP contribution < -0.4 is 5.73 Å². The highest BCUT2D eigenvalue weighted by Crippen LogP contribution is 2.26. The average molecular weight is 258 g/mol. The summed E-state index contributed by atoms with van der Waals surface area (Å²) in [5, 5.41) is 2.18. The van der Waals surface area contributed by atoms with E-state index in [2.05, 4.69) is 35.4 Å². The monoisotopic (exact) mass is 258 g/mol. The van der Waals surface area contributed by atoms with Gasteiger partial charge in [0.2, 0.25) is 0 Å². The van der Waals surface area contributed by atoms with Gasteiger partial charge in [-0.15, -0.1) is 11.3 Å². The molecule has 2 aromatic rings. The molecule has 1 aromatic carbocycles. The molecule has 0 atom stereocenters. The van der Waals surface area contributed by atoms with E-state index >= 15 is 0 Å². The molecule has 0 radical (unpaired) electrons. The van der Waals surface area contributed by atoms with Crippen molar-refractivity contribution >= 4 is 17.0 Å². The zero-order valence-electron chi connectivity index (χ0n) is 10.6. The first-order chi connectivity index (χ1) is 8.74. The lowest BCUT2D eigenvalue weighted by molar-refractivity contribution is 0.247. The Kier molecular flexibility index (Phi) is 3.10. The van der Waals surface area contributed by atoms with Gasteiger partial charge in [0.05, 0.1) is 0 Å². The largest absolute Gasteiger partial charge is 0.398 e. The van der Waals surface area contributed by atoms with Crippen LogP contribution in [0.5, 0.6) is 0 Å². The fourth-order valence-electron chi connectivity index (χ4n) is 2.60. The van der Waals surface area contributed by atoms with E-state index in [1.54, 1.807) is 0 Å². The minimum atomic E-state index is 0.958. The molecule has 0 fully saturated rings. The molecule has 0 aliphatic carbocycles. The van der Waals surface area contributed by atoms with Crippen LogP contribution >= 0.6 is 11.3 Å². The maximum Gasteiger partial charge on any atom is 0.0350 e. The van der Waals surface area contributed by atoms with Gasteiger partial charge in [-0.2, -0.15) is 0 Å². The molecule has 0 unspecified atom stereocenters. The second-order valence-electron chi connectivity index (χ2n) is 4.97. The van der Waals surface area contributed by atoms with E-state index in [9.17, 15) is 0 Å². The van der Waals surface area contributed by atoms with E-state index in [-0.39, 0.29) is 0 Å². The number of thiophene rings is 1. The van der Waals surface area contributed by atoms with Crippen LogP contribution in [0.25, 0.3) is 0 Å². The first-order valence-electron chi connectivity index (χ1n) is 6.35. The highest BCUT2D eigenvalue weighted by Gasteiger charge is 2.18. The van der Waals surface area contributed by atoms with Gasteiger partial charge in [-0.1, -0.05) is 12.1 Å². The van der Waals surface area contributed by atoms with Gasteiger partial charge in [0.25, 0.3) is 0 Å². The fourth-order valence-corrected chi connectivity index (χ4v) is 3.55. The Balaban J connectivity index is 1.77. The van der Waals surface area contributed by atoms with Crippen molar-refractivity contribution in [3.63, 3.8) is 0 Å². The second kappa shape index (κ2) is 4.75. The molecule has 1 aliphatic heterocycles. The van der Waals surface area contributed by atoms with Gasteiger partial charge in [-0.3, -0.25) is 4.90 Å². The molecule has 94 valence electrons. The minimum absolute atomic E-state index is 0.958. The normalized spacial score (nSPS) is 15.6. The third-order valence-electron chi connectivity index (χ3n) is 3.72. The SMILES string of the molecule is Cc1ccsc1CN1CCc2c(N)cccc2C1. The third kappa shape index (κ3) is 2.16. The standard InChI is InChI=1S/C15H18N2S/c1-11-6-8-18-15(11)10-17-7-5-13-12(9-17)3-2-4-14(13)16/h2-4,6,8H,5,7,9-10,16H2,1H3. The lowest BCUT2D eigenvalue weighted by Gasteiger charge is -2.29. The smallest absolute Gasteiger partial charge is 0.0350 e. The maximum atomic E-state index is 6.03. The van der Waals surface area contributed by atoms with Gasteiger partial charge in [0.15, 0.2) is 0 Å². The summed E-state index contributed by atoms with van der Waals surface area (Å²) in [6, 6.07) is 8.49. The molecule has 2 N–H and O–H groups in total. The predicted molar refractivity (Wildman–Crippen MR) is 77.7 cm³/mol. The van der Waals surface area contributed by atoms with Crippen LogP contribution in [-0.4, -0.2) is 11.4 Å². The van der Waals surface area contributed by atoms with Crippen molar-refractivity contribution in [2.75, 3.05) is 12.3 Å². The fraction of sp³-hybridized carbons (Fsp3) is 0.333. The lowest BCUT2D eigenvalue weighted by atomic mass is 9.98. The van der Waals surface area contributed by atoms with Crippen molar-refractivity contribution in [2.45, 2.75) is 26.4 Å². The van der Waals surface area contributed by atoms with Crippen molar-refractivity contribution in [1.82, 2.24) is 4.90 Å². The molecule has 2 nitrogen and oxygen atoms in total. The van der Waals surface area contributed by atoms with Crippen LogP contribution in [0, 0.1) is 6.92 Å². The summed E-state index contributed by atoms with van der Waals surface area (Å²) >= 11 is 1.86. The summed E-state index contributed by atoms with van der Waals surface area (Å²) in [6.07, 6.45) is 1.08. The number of rotatable bonds is 2. The minimum Gasteiger partial charge on any atom is -0.398 e. The molecule has 0 amide bonds. The molecule has 2 heterocycles. The molecular weight excluding hydrogens is 240 g/mol. The highest BCUT2D eigenvalue weighted by molar-refractivity contribution is 7.10. The number of nitrogens with zero attached hydrogens (tertiary/aromatic N) is 1. The van der Waals surface area contributed by atoms with E-state index in [4.69, 9.17) is 5.73 Å². The number of hydrogen-bond donors (Lipinski definition) is 1. The molecule has 0 saturated carbocycles. The van der Waals surface area contributed by atoms with Crippen molar-refractivity contribution in [2.24, 2.45) is 0 Å². The number of fused-ring (bicyclic) bond motifs is 1. The van der Waals surface area contributed by atoms with Crippen LogP contribution in [0.4, 0.5) is 5.69 Å². The molecule has 1 aliphatic rings. The summed E-state index contributed by atoms with van der Waals surface area (Å²) in [7, 11) is 0. The number of benzene rings is 1. The molecule has 1 aromatic heterocycles. The summed E-state index contributed by atoms with van der Waals surface area (Å²) < 4.78 is 0. The van der Waals surface area contributed by atoms with Crippen molar-refractivity contribution in [3.8, 4) is 0 Å². The molecule has 0 spiro atoms. The van der Waals surface area contributed by atoms with Gasteiger partial charge < -0.3 is 5.73 Å². The third-order valence-corrected chi connectivity index (χ3v) is 4.72. The summed E-state index contributed by atoms with van der Waals surface area (Å²) in [5.41, 5.74) is 11.2. The molecule has 0 bridgehead atoms. The summed E-state index contributed by atoms with van der Waals surface area (Å²) in [6.45, 7) is 5.40. The van der Waals surface area contributed by atoms with E-state index in [1.807, 2.05) is 17.4 Å². The van der Waals surface area contributed by atoms with E-state index in [0.717, 1.165) is 31.7 Å². The Bertz CT molecular complexity index is 559. The molecule has 0 saturated heterocycles. The van der Waals surface area contributed by atoms with Gasteiger partial charge in [-0.25, -0.2) is 0 Å². The lowest BCUT2D eigenvalue weighted by Crippen LogP contribution is -2.30. The number of anilines is 1. The van der Waals surface area contributed by atoms with Gasteiger partial charge >= 0.3 is 0 Å². The highest BCUT2D eigenvalue weighted by atomic mass is 32.1. The zero-order valence-corrected chi connectivity index (χ0v) is 11.5. The number of hydrogen-bond acceptors (Lipinski definition) is 3. The van der Waals surface area contributed by atoms with Crippen LogP contribution in [-0.2, 0) is 19.5 Å². The van der Waals surface area contributed by atoms with Gasteiger partial charge in [0, 0.05) is 30.2 Å². The van der Waals surface area contributed by atoms with E-state index in [1.165, 1.54) is 21.6 Å². The predicted octanol–water partition coefficient (Wildman–Crippen LogP) is 3.20. The van der Waals surface area contributed by atoms with Crippen LogP contribution in [0.2, 0.25) is 0 Å². The quantitative estimate of drug-likeness (QED) is 0.838. The van der Waals surface area contributed by atoms with Crippen LogP contribution in [0.3, 0.4) is 0 Å². The van der Waals surface area contributed by atoms with E-state index in [0.29, 0.717) is 0 Å². The first-order valence-corrected chi connectivity index (χ1v) is 7.23. The van der Waals surface area contributed by atoms with Crippen LogP contribution in [0.15, 0.2) is 29.6 Å². The number of nitrogen functional groups attached to an aromatic ring is 1. The summed E-state index contributed by atoms with van der Waals surface area (Å²) in [4.78, 5) is 4.00. The van der Waals surface area contributed by atoms with Crippen molar-refractivity contribution < 1.29 is 0 Å². The molecule has 3 rings (SSSR count). The molecule has 3 heteroatoms. The van der Waals surface area contributed by atoms with Crippen molar-refractivity contribution in [3.05, 3.63) is 51.2 Å². The Morgan fingerprint density at radius 3 is 3.00 bits per heavy atom. The Hall–Kier alpha value is -1.32. The Morgan fingerprint density at radius 1 is 1.33 bits per heavy atom. The number of aryl methyl sites for hydroxylation is 1. The Labute approximate surface area is 112 Å². The van der Waals surface area contributed by atoms with Gasteiger partial charge in [-0.05, 0) is 47.5 Å². The average Bonchev–Trinajstić information content (AvgIpc) is 2.75. The summed E-state index contributed by atoms with van der Waals surface area (Å²) in [5.74, 6) is 0. The van der Waals surface area contributed by atoms with E-state index < -0.39 is 0 Å². The van der Waals surface area contributed by atoms with Gasteiger partial charge in [0.1, 0.15) is 0 Å². The number of nitrogens with two attached hydrogens (primary N) is 1. The second-order valence-corrected chi connectivity index (χ2v) is 5.97. The molecule has 18 heavy (non-hydrogen) atoms. The topological polar surface area (TPSA) is 29.3 Å². The zero-order chi connectivity index (χ0) is 12.5. The Morgan fingerprint density at radius 2 is 2.22 bits per heavy atom. The first kappa shape index (κ1) is 11.8. The van der Waals surface area contributed by atoms with Crippen molar-refractivity contribution in [1.29, 1.82) is 0 Å². The molecular formula is C15H18N2S. The van der Waals surface area contributed by atoms with Crippen LogP contribution in [0.1, 0.15) is 21.6 Å².